The molecule has 1 spiro atoms. The van der Waals surface area contributed by atoms with Gasteiger partial charge in [0.25, 0.3) is 0 Å². The minimum Gasteiger partial charge on any atom is -0.353 e. The Morgan fingerprint density at radius 2 is 1.91 bits per heavy atom. The molecule has 0 amide bonds. The summed E-state index contributed by atoms with van der Waals surface area (Å²) < 4.78 is 18.3. The average molecular weight is 312 g/mol. The first-order chi connectivity index (χ1) is 10.5. The van der Waals surface area contributed by atoms with Gasteiger partial charge < -0.3 is 14.2 Å². The van der Waals surface area contributed by atoms with E-state index in [1.165, 1.54) is 6.42 Å². The maximum atomic E-state index is 6.25. The van der Waals surface area contributed by atoms with Gasteiger partial charge >= 0.3 is 0 Å². The predicted molar refractivity (Wildman–Crippen MR) is 78.5 cm³/mol. The normalized spacial score (nSPS) is 57.3. The fraction of sp³-hybridized carbons (Fsp3) is 1.00. The molecule has 0 aromatic rings. The van der Waals surface area contributed by atoms with Gasteiger partial charge in [-0.25, -0.2) is 9.78 Å². The third-order valence-corrected chi connectivity index (χ3v) is 6.43. The van der Waals surface area contributed by atoms with Crippen molar-refractivity contribution in [2.75, 3.05) is 6.61 Å². The molecule has 4 heterocycles. The first kappa shape index (κ1) is 15.3. The summed E-state index contributed by atoms with van der Waals surface area (Å²) in [5.74, 6) is 0.957. The number of rotatable bonds is 2. The van der Waals surface area contributed by atoms with Crippen LogP contribution in [0.15, 0.2) is 0 Å². The van der Waals surface area contributed by atoms with Gasteiger partial charge in [0.1, 0.15) is 0 Å². The Hall–Kier alpha value is -0.200. The highest BCUT2D eigenvalue weighted by molar-refractivity contribution is 5.09. The topological polar surface area (TPSA) is 46.2 Å². The van der Waals surface area contributed by atoms with Gasteiger partial charge in [-0.2, -0.15) is 0 Å². The van der Waals surface area contributed by atoms with Crippen LogP contribution in [0.4, 0.5) is 0 Å². The van der Waals surface area contributed by atoms with Crippen LogP contribution in [0.3, 0.4) is 0 Å². The Kier molecular flexibility index (Phi) is 3.59. The third kappa shape index (κ3) is 1.96. The molecule has 1 aliphatic carbocycles. The second kappa shape index (κ2) is 5.15. The van der Waals surface area contributed by atoms with Crippen molar-refractivity contribution in [3.8, 4) is 0 Å². The molecule has 0 N–H and O–H groups in total. The van der Waals surface area contributed by atoms with E-state index < -0.39 is 11.4 Å². The smallest absolute Gasteiger partial charge is 0.201 e. The Bertz CT molecular complexity index is 443. The van der Waals surface area contributed by atoms with E-state index in [9.17, 15) is 0 Å². The van der Waals surface area contributed by atoms with E-state index >= 15 is 0 Å². The van der Waals surface area contributed by atoms with Crippen molar-refractivity contribution in [1.82, 2.24) is 0 Å². The lowest BCUT2D eigenvalue weighted by Gasteiger charge is -2.60. The summed E-state index contributed by atoms with van der Waals surface area (Å²) in [5.41, 5.74) is -0.472. The summed E-state index contributed by atoms with van der Waals surface area (Å²) in [5, 5.41) is 0. The van der Waals surface area contributed by atoms with Gasteiger partial charge in [0.15, 0.2) is 18.2 Å². The van der Waals surface area contributed by atoms with Crippen LogP contribution >= 0.6 is 0 Å². The Labute approximate surface area is 132 Å². The molecule has 5 rings (SSSR count). The van der Waals surface area contributed by atoms with Gasteiger partial charge in [0.2, 0.25) is 5.79 Å². The van der Waals surface area contributed by atoms with Crippen molar-refractivity contribution >= 4 is 0 Å². The molecule has 4 saturated heterocycles. The van der Waals surface area contributed by atoms with Crippen molar-refractivity contribution in [3.63, 3.8) is 0 Å². The molecule has 126 valence electrons. The van der Waals surface area contributed by atoms with Gasteiger partial charge in [0, 0.05) is 24.9 Å². The zero-order chi connectivity index (χ0) is 15.5. The first-order valence-electron chi connectivity index (χ1n) is 8.82. The van der Waals surface area contributed by atoms with Crippen LogP contribution in [0.5, 0.6) is 0 Å². The predicted octanol–water partition coefficient (Wildman–Crippen LogP) is 3.23. The standard InChI is InChI=1S/C17H28O5/c1-5-18-14-11(3)13-7-6-10(2)12-8-9-16(4)20-15(19-14)17(12,13)22-21-16/h10-15H,5-9H2,1-4H3/t10-,11-,12-,13+,14+,15+,16-,17-/m1/s1. The zero-order valence-electron chi connectivity index (χ0n) is 14.0. The van der Waals surface area contributed by atoms with E-state index in [0.717, 1.165) is 19.3 Å². The molecule has 0 unspecified atom stereocenters. The van der Waals surface area contributed by atoms with Gasteiger partial charge in [-0.15, -0.1) is 0 Å². The van der Waals surface area contributed by atoms with Crippen LogP contribution in [0.2, 0.25) is 0 Å². The van der Waals surface area contributed by atoms with Gasteiger partial charge in [0.05, 0.1) is 0 Å². The average Bonchev–Trinajstić information content (AvgIpc) is 2.71. The fourth-order valence-corrected chi connectivity index (χ4v) is 5.23. The highest BCUT2D eigenvalue weighted by atomic mass is 17.3. The summed E-state index contributed by atoms with van der Waals surface area (Å²) in [4.78, 5) is 11.9. The summed E-state index contributed by atoms with van der Waals surface area (Å²) >= 11 is 0. The maximum Gasteiger partial charge on any atom is 0.201 e. The van der Waals surface area contributed by atoms with Crippen LogP contribution in [-0.4, -0.2) is 30.6 Å². The second-order valence-corrected chi connectivity index (χ2v) is 7.73. The second-order valence-electron chi connectivity index (χ2n) is 7.73. The molecule has 5 nitrogen and oxygen atoms in total. The van der Waals surface area contributed by atoms with Crippen LogP contribution in [0, 0.1) is 23.7 Å². The molecule has 2 bridgehead atoms. The summed E-state index contributed by atoms with van der Waals surface area (Å²) in [7, 11) is 0. The monoisotopic (exact) mass is 312 g/mol. The SMILES string of the molecule is CCO[C@H]1O[C@H]2O[C@@]3(C)CC[C@@H]4[C@H](C)CC[C@@H]([C@H]1C)[C@@]24OO3. The molecule has 0 aromatic carbocycles. The van der Waals surface area contributed by atoms with Crippen molar-refractivity contribution < 1.29 is 24.0 Å². The van der Waals surface area contributed by atoms with Crippen LogP contribution in [0.1, 0.15) is 53.4 Å². The van der Waals surface area contributed by atoms with Gasteiger partial charge in [-0.3, -0.25) is 0 Å². The number of ether oxygens (including phenoxy) is 3. The quantitative estimate of drug-likeness (QED) is 0.733. The molecule has 0 radical (unpaired) electrons. The number of hydrogen-bond donors (Lipinski definition) is 0. The van der Waals surface area contributed by atoms with E-state index in [1.54, 1.807) is 0 Å². The van der Waals surface area contributed by atoms with Gasteiger partial charge in [-0.1, -0.05) is 13.8 Å². The molecule has 22 heavy (non-hydrogen) atoms. The largest absolute Gasteiger partial charge is 0.353 e. The first-order valence-corrected chi connectivity index (χ1v) is 8.82. The highest BCUT2D eigenvalue weighted by Gasteiger charge is 2.69. The van der Waals surface area contributed by atoms with E-state index in [0.29, 0.717) is 24.4 Å². The molecular formula is C17H28O5. The molecule has 5 aliphatic rings. The van der Waals surface area contributed by atoms with Gasteiger partial charge in [-0.05, 0) is 44.9 Å². The van der Waals surface area contributed by atoms with Crippen LogP contribution in [0.25, 0.3) is 0 Å². The lowest BCUT2D eigenvalue weighted by atomic mass is 9.58. The molecular weight excluding hydrogens is 284 g/mol. The summed E-state index contributed by atoms with van der Waals surface area (Å²) in [6, 6.07) is 0. The fourth-order valence-electron chi connectivity index (χ4n) is 5.23. The van der Waals surface area contributed by atoms with E-state index in [-0.39, 0.29) is 18.5 Å². The lowest BCUT2D eigenvalue weighted by Crippen LogP contribution is -2.70. The molecule has 8 atom stereocenters. The molecule has 0 aromatic heterocycles. The number of hydrogen-bond acceptors (Lipinski definition) is 5. The summed E-state index contributed by atoms with van der Waals surface area (Å²) in [6.07, 6.45) is 3.66. The van der Waals surface area contributed by atoms with Crippen molar-refractivity contribution in [3.05, 3.63) is 0 Å². The Balaban J connectivity index is 1.75. The minimum atomic E-state index is -0.700. The molecule has 1 saturated carbocycles. The maximum absolute atomic E-state index is 6.25. The third-order valence-electron chi connectivity index (χ3n) is 6.43. The molecule has 5 heteroatoms. The minimum absolute atomic E-state index is 0.216. The van der Waals surface area contributed by atoms with Crippen LogP contribution < -0.4 is 0 Å². The lowest BCUT2D eigenvalue weighted by molar-refractivity contribution is -0.577. The summed E-state index contributed by atoms with van der Waals surface area (Å²) in [6.45, 7) is 9.15. The van der Waals surface area contributed by atoms with Crippen molar-refractivity contribution in [2.45, 2.75) is 77.3 Å². The molecule has 5 fully saturated rings. The van der Waals surface area contributed by atoms with Crippen molar-refractivity contribution in [2.24, 2.45) is 23.7 Å². The Morgan fingerprint density at radius 3 is 2.68 bits per heavy atom. The Morgan fingerprint density at radius 1 is 1.09 bits per heavy atom. The van der Waals surface area contributed by atoms with E-state index in [1.807, 2.05) is 13.8 Å². The number of fused-ring (bicyclic) bond motifs is 2. The van der Waals surface area contributed by atoms with E-state index in [4.69, 9.17) is 24.0 Å². The molecule has 4 aliphatic heterocycles. The zero-order valence-corrected chi connectivity index (χ0v) is 14.0. The van der Waals surface area contributed by atoms with Crippen molar-refractivity contribution in [1.29, 1.82) is 0 Å². The van der Waals surface area contributed by atoms with Crippen LogP contribution in [-0.2, 0) is 24.0 Å². The van der Waals surface area contributed by atoms with E-state index in [2.05, 4.69) is 13.8 Å². The highest BCUT2D eigenvalue weighted by Crippen LogP contribution is 2.60.